The summed E-state index contributed by atoms with van der Waals surface area (Å²) in [5, 5.41) is 0. The van der Waals surface area contributed by atoms with Crippen molar-refractivity contribution in [1.82, 2.24) is 9.97 Å². The van der Waals surface area contributed by atoms with Crippen molar-refractivity contribution >= 4 is 11.6 Å². The van der Waals surface area contributed by atoms with Crippen molar-refractivity contribution in [2.75, 3.05) is 11.4 Å². The summed E-state index contributed by atoms with van der Waals surface area (Å²) in [5.41, 5.74) is 7.95. The van der Waals surface area contributed by atoms with Crippen LogP contribution >= 0.6 is 0 Å². The summed E-state index contributed by atoms with van der Waals surface area (Å²) < 4.78 is 0. The van der Waals surface area contributed by atoms with Crippen LogP contribution in [0.4, 0.5) is 11.6 Å². The smallest absolute Gasteiger partial charge is 0.229 e. The highest BCUT2D eigenvalue weighted by Gasteiger charge is 2.09. The number of aromatic nitrogens is 2. The van der Waals surface area contributed by atoms with Crippen molar-refractivity contribution in [2.24, 2.45) is 5.73 Å². The quantitative estimate of drug-likeness (QED) is 0.893. The molecule has 2 rings (SSSR count). The standard InChI is InChI=1S/C15H20N4/c1-3-19(14-7-5-4-6-8-14)15-17-10-13(11-18-15)9-12(2)16/h4-8,10-12H,3,9,16H2,1-2H3. The van der Waals surface area contributed by atoms with E-state index in [1.165, 1.54) is 0 Å². The zero-order valence-corrected chi connectivity index (χ0v) is 11.5. The lowest BCUT2D eigenvalue weighted by molar-refractivity contribution is 0.731. The molecule has 19 heavy (non-hydrogen) atoms. The van der Waals surface area contributed by atoms with Gasteiger partial charge in [-0.05, 0) is 38.0 Å². The maximum absolute atomic E-state index is 5.77. The monoisotopic (exact) mass is 256 g/mol. The first-order chi connectivity index (χ1) is 9.20. The van der Waals surface area contributed by atoms with Gasteiger partial charge in [-0.1, -0.05) is 18.2 Å². The highest BCUT2D eigenvalue weighted by molar-refractivity contribution is 5.56. The first-order valence-electron chi connectivity index (χ1n) is 6.59. The molecule has 0 saturated carbocycles. The van der Waals surface area contributed by atoms with E-state index in [1.807, 2.05) is 37.5 Å². The molecule has 1 atom stereocenters. The molecule has 0 aliphatic carbocycles. The highest BCUT2D eigenvalue weighted by atomic mass is 15.2. The third-order valence-corrected chi connectivity index (χ3v) is 2.87. The number of para-hydroxylation sites is 1. The number of benzene rings is 1. The molecule has 0 aliphatic heterocycles. The van der Waals surface area contributed by atoms with Gasteiger partial charge < -0.3 is 10.6 Å². The minimum absolute atomic E-state index is 0.130. The normalized spacial score (nSPS) is 12.2. The predicted octanol–water partition coefficient (Wildman–Crippen LogP) is 2.52. The second-order valence-corrected chi connectivity index (χ2v) is 4.65. The van der Waals surface area contributed by atoms with Crippen LogP contribution in [-0.4, -0.2) is 22.6 Å². The van der Waals surface area contributed by atoms with E-state index >= 15 is 0 Å². The van der Waals surface area contributed by atoms with E-state index < -0.39 is 0 Å². The van der Waals surface area contributed by atoms with Gasteiger partial charge in [-0.2, -0.15) is 0 Å². The van der Waals surface area contributed by atoms with Crippen LogP contribution in [0.2, 0.25) is 0 Å². The SMILES string of the molecule is CCN(c1ccccc1)c1ncc(CC(C)N)cn1. The Hall–Kier alpha value is -1.94. The fourth-order valence-corrected chi connectivity index (χ4v) is 2.01. The molecule has 4 nitrogen and oxygen atoms in total. The van der Waals surface area contributed by atoms with E-state index in [2.05, 4.69) is 33.9 Å². The average molecular weight is 256 g/mol. The molecule has 1 aromatic heterocycles. The Bertz CT molecular complexity index is 493. The molecular weight excluding hydrogens is 236 g/mol. The van der Waals surface area contributed by atoms with E-state index in [-0.39, 0.29) is 6.04 Å². The fourth-order valence-electron chi connectivity index (χ4n) is 2.01. The summed E-state index contributed by atoms with van der Waals surface area (Å²) in [7, 11) is 0. The zero-order valence-electron chi connectivity index (χ0n) is 11.5. The van der Waals surface area contributed by atoms with Crippen LogP contribution < -0.4 is 10.6 Å². The minimum atomic E-state index is 0.130. The van der Waals surface area contributed by atoms with E-state index in [9.17, 15) is 0 Å². The zero-order chi connectivity index (χ0) is 13.7. The third-order valence-electron chi connectivity index (χ3n) is 2.87. The van der Waals surface area contributed by atoms with Crippen LogP contribution in [0.15, 0.2) is 42.7 Å². The van der Waals surface area contributed by atoms with Crippen LogP contribution in [0.25, 0.3) is 0 Å². The Morgan fingerprint density at radius 1 is 1.16 bits per heavy atom. The van der Waals surface area contributed by atoms with Crippen LogP contribution in [0, 0.1) is 0 Å². The van der Waals surface area contributed by atoms with Gasteiger partial charge in [0.1, 0.15) is 0 Å². The summed E-state index contributed by atoms with van der Waals surface area (Å²) in [6, 6.07) is 10.3. The molecule has 2 N–H and O–H groups in total. The first kappa shape index (κ1) is 13.5. The van der Waals surface area contributed by atoms with Gasteiger partial charge in [0.25, 0.3) is 0 Å². The van der Waals surface area contributed by atoms with Crippen molar-refractivity contribution < 1.29 is 0 Å². The Labute approximate surface area is 114 Å². The molecule has 0 spiro atoms. The number of nitrogens with zero attached hydrogens (tertiary/aromatic N) is 3. The number of rotatable bonds is 5. The van der Waals surface area contributed by atoms with Crippen LogP contribution in [0.3, 0.4) is 0 Å². The van der Waals surface area contributed by atoms with Crippen molar-refractivity contribution in [3.05, 3.63) is 48.3 Å². The molecule has 0 fully saturated rings. The molecule has 4 heteroatoms. The number of anilines is 2. The molecule has 2 aromatic rings. The summed E-state index contributed by atoms with van der Waals surface area (Å²) in [6.07, 6.45) is 4.52. The summed E-state index contributed by atoms with van der Waals surface area (Å²) in [4.78, 5) is 11.0. The lowest BCUT2D eigenvalue weighted by Crippen LogP contribution is -2.20. The van der Waals surface area contributed by atoms with Crippen LogP contribution in [0.5, 0.6) is 0 Å². The number of nitrogens with two attached hydrogens (primary N) is 1. The fraction of sp³-hybridized carbons (Fsp3) is 0.333. The maximum atomic E-state index is 5.77. The van der Waals surface area contributed by atoms with Gasteiger partial charge in [-0.3, -0.25) is 0 Å². The Balaban J connectivity index is 2.20. The molecule has 0 bridgehead atoms. The second-order valence-electron chi connectivity index (χ2n) is 4.65. The molecule has 1 unspecified atom stereocenters. The number of hydrogen-bond acceptors (Lipinski definition) is 4. The maximum Gasteiger partial charge on any atom is 0.229 e. The van der Waals surface area contributed by atoms with E-state index in [0.29, 0.717) is 0 Å². The summed E-state index contributed by atoms with van der Waals surface area (Å²) >= 11 is 0. The minimum Gasteiger partial charge on any atom is -0.328 e. The lowest BCUT2D eigenvalue weighted by Gasteiger charge is -2.20. The van der Waals surface area contributed by atoms with Crippen molar-refractivity contribution in [3.63, 3.8) is 0 Å². The average Bonchev–Trinajstić information content (AvgIpc) is 2.42. The van der Waals surface area contributed by atoms with Gasteiger partial charge in [0.2, 0.25) is 5.95 Å². The number of hydrogen-bond donors (Lipinski definition) is 1. The Morgan fingerprint density at radius 3 is 2.32 bits per heavy atom. The molecular formula is C15H20N4. The van der Waals surface area contributed by atoms with Gasteiger partial charge in [-0.15, -0.1) is 0 Å². The Kier molecular flexibility index (Phi) is 4.47. The molecule has 0 radical (unpaired) electrons. The topological polar surface area (TPSA) is 55.0 Å². The molecule has 0 aliphatic rings. The molecule has 0 saturated heterocycles. The molecule has 1 aromatic carbocycles. The predicted molar refractivity (Wildman–Crippen MR) is 78.5 cm³/mol. The van der Waals surface area contributed by atoms with Gasteiger partial charge in [0, 0.05) is 30.7 Å². The third kappa shape index (κ3) is 3.51. The van der Waals surface area contributed by atoms with Gasteiger partial charge in [0.15, 0.2) is 0 Å². The summed E-state index contributed by atoms with van der Waals surface area (Å²) in [6.45, 7) is 4.90. The second kappa shape index (κ2) is 6.29. The van der Waals surface area contributed by atoms with Crippen LogP contribution in [-0.2, 0) is 6.42 Å². The van der Waals surface area contributed by atoms with E-state index in [0.717, 1.165) is 30.2 Å². The molecule has 1 heterocycles. The lowest BCUT2D eigenvalue weighted by atomic mass is 10.1. The van der Waals surface area contributed by atoms with Gasteiger partial charge >= 0.3 is 0 Å². The van der Waals surface area contributed by atoms with Crippen molar-refractivity contribution in [1.29, 1.82) is 0 Å². The van der Waals surface area contributed by atoms with E-state index in [1.54, 1.807) is 0 Å². The largest absolute Gasteiger partial charge is 0.328 e. The van der Waals surface area contributed by atoms with Crippen molar-refractivity contribution in [2.45, 2.75) is 26.3 Å². The first-order valence-corrected chi connectivity index (χ1v) is 6.59. The van der Waals surface area contributed by atoms with Gasteiger partial charge in [-0.25, -0.2) is 9.97 Å². The van der Waals surface area contributed by atoms with Crippen molar-refractivity contribution in [3.8, 4) is 0 Å². The van der Waals surface area contributed by atoms with E-state index in [4.69, 9.17) is 5.73 Å². The summed E-state index contributed by atoms with van der Waals surface area (Å²) in [5.74, 6) is 0.724. The highest BCUT2D eigenvalue weighted by Crippen LogP contribution is 2.20. The molecule has 100 valence electrons. The Morgan fingerprint density at radius 2 is 1.79 bits per heavy atom. The van der Waals surface area contributed by atoms with Gasteiger partial charge in [0.05, 0.1) is 0 Å². The molecule has 0 amide bonds. The van der Waals surface area contributed by atoms with Crippen LogP contribution in [0.1, 0.15) is 19.4 Å².